The highest BCUT2D eigenvalue weighted by atomic mass is 35.5. The predicted molar refractivity (Wildman–Crippen MR) is 153 cm³/mol. The van der Waals surface area contributed by atoms with E-state index in [4.69, 9.17) is 31.0 Å². The van der Waals surface area contributed by atoms with Gasteiger partial charge in [-0.05, 0) is 49.1 Å². The maximum atomic E-state index is 12.5. The molecule has 7 rings (SSSR count). The largest absolute Gasteiger partial charge is 0.619 e. The van der Waals surface area contributed by atoms with Crippen LogP contribution in [0.25, 0.3) is 34.1 Å². The molecular weight excluding hydrogens is 542 g/mol. The maximum absolute atomic E-state index is 12.5. The minimum Gasteiger partial charge on any atom is -0.619 e. The van der Waals surface area contributed by atoms with Gasteiger partial charge in [-0.15, -0.1) is 5.10 Å². The Kier molecular flexibility index (Phi) is 6.37. The van der Waals surface area contributed by atoms with Crippen LogP contribution < -0.4 is 10.5 Å². The minimum absolute atomic E-state index is 0.0473. The third-order valence-electron chi connectivity index (χ3n) is 8.85. The minimum atomic E-state index is -0.708. The predicted octanol–water partition coefficient (Wildman–Crippen LogP) is 5.42. The van der Waals surface area contributed by atoms with Crippen molar-refractivity contribution in [1.29, 1.82) is 0 Å². The number of hydrogen-bond donors (Lipinski definition) is 1. The van der Waals surface area contributed by atoms with Crippen LogP contribution in [-0.4, -0.2) is 29.7 Å². The van der Waals surface area contributed by atoms with Crippen molar-refractivity contribution in [2.24, 2.45) is 11.8 Å². The van der Waals surface area contributed by atoms with E-state index < -0.39 is 5.76 Å². The summed E-state index contributed by atoms with van der Waals surface area (Å²) in [7, 11) is 0. The molecule has 10 nitrogen and oxygen atoms in total. The van der Waals surface area contributed by atoms with Crippen LogP contribution in [0, 0.1) is 17.0 Å². The molecule has 1 aromatic carbocycles. The zero-order valence-corrected chi connectivity index (χ0v) is 23.5. The Morgan fingerprint density at radius 1 is 1.12 bits per heavy atom. The van der Waals surface area contributed by atoms with Gasteiger partial charge in [0.05, 0.1) is 11.0 Å². The first-order chi connectivity index (χ1) is 19.9. The summed E-state index contributed by atoms with van der Waals surface area (Å²) in [5, 5.41) is 19.0. The van der Waals surface area contributed by atoms with Crippen molar-refractivity contribution < 1.29 is 9.15 Å². The molecule has 2 aliphatic carbocycles. The summed E-state index contributed by atoms with van der Waals surface area (Å²) in [5.41, 5.74) is 3.19. The van der Waals surface area contributed by atoms with E-state index in [1.165, 1.54) is 30.8 Å². The van der Waals surface area contributed by atoms with E-state index in [9.17, 15) is 10.0 Å². The van der Waals surface area contributed by atoms with Crippen molar-refractivity contribution in [3.05, 3.63) is 81.0 Å². The van der Waals surface area contributed by atoms with Gasteiger partial charge in [-0.2, -0.15) is 4.73 Å². The number of pyridine rings is 1. The average Bonchev–Trinajstić information content (AvgIpc) is 3.53. The molecular formula is C30H30ClN7O3. The van der Waals surface area contributed by atoms with Crippen LogP contribution in [0.5, 0.6) is 0 Å². The van der Waals surface area contributed by atoms with Gasteiger partial charge < -0.3 is 14.2 Å². The first-order valence-electron chi connectivity index (χ1n) is 14.2. The summed E-state index contributed by atoms with van der Waals surface area (Å²) in [4.78, 5) is 26.6. The molecule has 2 fully saturated rings. The third kappa shape index (κ3) is 4.60. The van der Waals surface area contributed by atoms with E-state index >= 15 is 0 Å². The number of aromatic amines is 1. The Bertz CT molecular complexity index is 1760. The molecule has 41 heavy (non-hydrogen) atoms. The quantitative estimate of drug-likeness (QED) is 0.213. The Labute approximate surface area is 241 Å². The molecule has 0 radical (unpaired) electrons. The molecule has 0 saturated heterocycles. The molecule has 0 atom stereocenters. The standard InChI is InChI=1S/C30H30ClN7O3/c1-18-8-10-19(11-9-18)15-38-24-23(20-14-22(31)17-37(40)16-20)32-26(27-35-36-29(39)41-27)33-25(24)34-28(38)30(12-5-13-30)21-6-3-2-4-7-21/h2-4,6-7,14,16-19H,5,8-13,15H2,1H3,(H,36,39). The van der Waals surface area contributed by atoms with Crippen LogP contribution in [0.2, 0.25) is 5.02 Å². The summed E-state index contributed by atoms with van der Waals surface area (Å²) < 4.78 is 8.19. The number of fused-ring (bicyclic) bond motifs is 1. The van der Waals surface area contributed by atoms with Crippen LogP contribution in [0.3, 0.4) is 0 Å². The molecule has 2 saturated carbocycles. The zero-order valence-electron chi connectivity index (χ0n) is 22.7. The summed E-state index contributed by atoms with van der Waals surface area (Å²) in [6, 6.07) is 12.3. The van der Waals surface area contributed by atoms with Crippen molar-refractivity contribution in [1.82, 2.24) is 29.7 Å². The number of imidazole rings is 1. The van der Waals surface area contributed by atoms with Gasteiger partial charge in [-0.3, -0.25) is 0 Å². The van der Waals surface area contributed by atoms with Crippen molar-refractivity contribution >= 4 is 22.8 Å². The molecule has 4 heterocycles. The number of benzene rings is 1. The number of hydrogen-bond acceptors (Lipinski definition) is 7. The molecule has 0 aliphatic heterocycles. The lowest BCUT2D eigenvalue weighted by Gasteiger charge is -2.42. The Balaban J connectivity index is 1.51. The lowest BCUT2D eigenvalue weighted by Crippen LogP contribution is -2.39. The summed E-state index contributed by atoms with van der Waals surface area (Å²) in [6.45, 7) is 3.10. The highest BCUT2D eigenvalue weighted by Crippen LogP contribution is 2.50. The van der Waals surface area contributed by atoms with Gasteiger partial charge in [0, 0.05) is 6.54 Å². The fourth-order valence-corrected chi connectivity index (χ4v) is 6.76. The second kappa shape index (κ2) is 10.1. The average molecular weight is 572 g/mol. The summed E-state index contributed by atoms with van der Waals surface area (Å²) in [6.07, 6.45) is 10.5. The van der Waals surface area contributed by atoms with Crippen molar-refractivity contribution in [2.75, 3.05) is 0 Å². The molecule has 1 N–H and O–H groups in total. The van der Waals surface area contributed by atoms with Gasteiger partial charge in [-0.1, -0.05) is 68.1 Å². The Hall–Kier alpha value is -4.05. The van der Waals surface area contributed by atoms with Gasteiger partial charge in [0.2, 0.25) is 5.82 Å². The van der Waals surface area contributed by atoms with Gasteiger partial charge in [0.25, 0.3) is 5.89 Å². The van der Waals surface area contributed by atoms with Crippen LogP contribution in [0.15, 0.2) is 58.0 Å². The molecule has 5 aromatic rings. The monoisotopic (exact) mass is 571 g/mol. The molecule has 11 heteroatoms. The molecule has 0 spiro atoms. The van der Waals surface area contributed by atoms with Gasteiger partial charge in [0.15, 0.2) is 18.0 Å². The molecule has 0 amide bonds. The first kappa shape index (κ1) is 25.9. The maximum Gasteiger partial charge on any atom is 0.434 e. The van der Waals surface area contributed by atoms with Crippen molar-refractivity contribution in [3.8, 4) is 23.0 Å². The normalized spacial score (nSPS) is 20.2. The molecule has 4 aromatic heterocycles. The van der Waals surface area contributed by atoms with Crippen LogP contribution in [-0.2, 0) is 12.0 Å². The number of H-pyrrole nitrogens is 1. The second-order valence-electron chi connectivity index (χ2n) is 11.6. The Morgan fingerprint density at radius 2 is 1.90 bits per heavy atom. The van der Waals surface area contributed by atoms with Crippen LogP contribution >= 0.6 is 11.6 Å². The summed E-state index contributed by atoms with van der Waals surface area (Å²) in [5.74, 6) is 1.52. The van der Waals surface area contributed by atoms with E-state index in [1.807, 2.05) is 6.07 Å². The van der Waals surface area contributed by atoms with Crippen molar-refractivity contribution in [2.45, 2.75) is 63.8 Å². The number of halogens is 1. The van der Waals surface area contributed by atoms with Crippen LogP contribution in [0.4, 0.5) is 0 Å². The smallest absolute Gasteiger partial charge is 0.434 e. The SMILES string of the molecule is CC1CCC(Cn2c(C3(c4ccccc4)CCC3)nc3nc(-c4n[nH]c(=O)o4)nc(-c4cc(Cl)c[n+]([O-])c4)c32)CC1. The Morgan fingerprint density at radius 3 is 2.56 bits per heavy atom. The lowest BCUT2D eigenvalue weighted by molar-refractivity contribution is -0.604. The molecule has 0 unspecified atom stereocenters. The fourth-order valence-electron chi connectivity index (χ4n) is 6.55. The van der Waals surface area contributed by atoms with Crippen LogP contribution in [0.1, 0.15) is 63.3 Å². The number of nitrogens with one attached hydrogen (secondary N) is 1. The fraction of sp³-hybridized carbons (Fsp3) is 0.400. The van der Waals surface area contributed by atoms with Gasteiger partial charge in [0.1, 0.15) is 22.1 Å². The first-order valence-corrected chi connectivity index (χ1v) is 14.6. The van der Waals surface area contributed by atoms with Gasteiger partial charge in [-0.25, -0.2) is 24.8 Å². The second-order valence-corrected chi connectivity index (χ2v) is 12.0. The molecule has 0 bridgehead atoms. The van der Waals surface area contributed by atoms with E-state index in [2.05, 4.69) is 46.0 Å². The summed E-state index contributed by atoms with van der Waals surface area (Å²) >= 11 is 6.35. The van der Waals surface area contributed by atoms with E-state index in [1.54, 1.807) is 6.07 Å². The number of aromatic nitrogens is 7. The zero-order chi connectivity index (χ0) is 28.1. The van der Waals surface area contributed by atoms with Crippen molar-refractivity contribution in [3.63, 3.8) is 0 Å². The van der Waals surface area contributed by atoms with E-state index in [0.29, 0.717) is 27.6 Å². The molecule has 2 aliphatic rings. The van der Waals surface area contributed by atoms with E-state index in [-0.39, 0.29) is 22.2 Å². The van der Waals surface area contributed by atoms with Gasteiger partial charge >= 0.3 is 5.76 Å². The number of nitrogens with zero attached hydrogens (tertiary/aromatic N) is 6. The third-order valence-corrected chi connectivity index (χ3v) is 9.06. The highest BCUT2D eigenvalue weighted by Gasteiger charge is 2.45. The lowest BCUT2D eigenvalue weighted by atomic mass is 9.63. The topological polar surface area (TPSA) is 129 Å². The number of rotatable bonds is 6. The van der Waals surface area contributed by atoms with E-state index in [0.717, 1.165) is 55.9 Å². The molecule has 210 valence electrons. The highest BCUT2D eigenvalue weighted by molar-refractivity contribution is 6.30.